The predicted octanol–water partition coefficient (Wildman–Crippen LogP) is 8.79. The molecule has 0 aliphatic heterocycles. The molecule has 0 amide bonds. The standard InChI is InChI=1S/C22H21F2N3O.C12H16N2.C9H6F2N2O2/c1-14(15-4-6-16(7-5-15)22(2,3)12-25)10-17(28)11-27-13-26-19-9-8-18(23)20(24)21(19)27;1-9(14)10-4-6-11(7-5-10)12(2,3)8-13;10-5-1-2-6-9(8(5)11)13(4-12-6)3-7(14)15/h4-9,13-14H,10-11H2,1-3H3;4-7,9H,14H2,1-3H3;1-2,4H,3H2,(H,14,15). The Labute approximate surface area is 327 Å². The number of halogens is 4. The van der Waals surface area contributed by atoms with Crippen LogP contribution in [0.3, 0.4) is 0 Å². The quantitative estimate of drug-likeness (QED) is 0.130. The van der Waals surface area contributed by atoms with Crippen LogP contribution in [0.5, 0.6) is 0 Å². The number of nitrogens with zero attached hydrogens (tertiary/aromatic N) is 6. The fraction of sp³-hybridized carbons (Fsp3) is 0.302. The third-order valence-electron chi connectivity index (χ3n) is 9.45. The number of carbonyl (C=O) groups is 2. The molecule has 3 N–H and O–H groups in total. The Morgan fingerprint density at radius 1 is 0.702 bits per heavy atom. The Bertz CT molecular complexity index is 2460. The van der Waals surface area contributed by atoms with E-state index in [2.05, 4.69) is 22.1 Å². The normalized spacial score (nSPS) is 12.4. The minimum atomic E-state index is -1.14. The fourth-order valence-electron chi connectivity index (χ4n) is 5.85. The highest BCUT2D eigenvalue weighted by Gasteiger charge is 2.22. The molecule has 0 aliphatic rings. The van der Waals surface area contributed by atoms with Crippen LogP contribution in [0.25, 0.3) is 22.1 Å². The van der Waals surface area contributed by atoms with Gasteiger partial charge in [-0.2, -0.15) is 10.5 Å². The molecule has 0 fully saturated rings. The van der Waals surface area contributed by atoms with Crippen LogP contribution >= 0.6 is 0 Å². The first-order valence-corrected chi connectivity index (χ1v) is 17.9. The lowest BCUT2D eigenvalue weighted by Gasteiger charge is -2.17. The zero-order valence-electron chi connectivity index (χ0n) is 32.4. The third kappa shape index (κ3) is 10.5. The van der Waals surface area contributed by atoms with Gasteiger partial charge in [0.1, 0.15) is 17.6 Å². The van der Waals surface area contributed by atoms with Crippen molar-refractivity contribution in [2.45, 2.75) is 83.8 Å². The van der Waals surface area contributed by atoms with Crippen molar-refractivity contribution >= 4 is 33.8 Å². The van der Waals surface area contributed by atoms with E-state index in [9.17, 15) is 32.4 Å². The van der Waals surface area contributed by atoms with E-state index >= 15 is 0 Å². The van der Waals surface area contributed by atoms with Gasteiger partial charge in [0, 0.05) is 12.5 Å². The van der Waals surface area contributed by atoms with Gasteiger partial charge < -0.3 is 20.0 Å². The smallest absolute Gasteiger partial charge is 0.323 e. The minimum absolute atomic E-state index is 0.00379. The van der Waals surface area contributed by atoms with Gasteiger partial charge in [-0.1, -0.05) is 55.5 Å². The lowest BCUT2D eigenvalue weighted by Crippen LogP contribution is -2.14. The molecule has 296 valence electrons. The van der Waals surface area contributed by atoms with E-state index in [4.69, 9.17) is 16.1 Å². The van der Waals surface area contributed by atoms with Crippen molar-refractivity contribution in [3.63, 3.8) is 0 Å². The number of carbonyl (C=O) groups excluding carboxylic acids is 1. The van der Waals surface area contributed by atoms with Gasteiger partial charge in [0.25, 0.3) is 0 Å². The van der Waals surface area contributed by atoms with Crippen LogP contribution in [0.4, 0.5) is 17.6 Å². The zero-order valence-corrected chi connectivity index (χ0v) is 32.4. The third-order valence-corrected chi connectivity index (χ3v) is 9.45. The zero-order chi connectivity index (χ0) is 42.2. The number of imidazole rings is 2. The summed E-state index contributed by atoms with van der Waals surface area (Å²) in [5, 5.41) is 26.7. The molecule has 0 saturated carbocycles. The number of rotatable bonds is 10. The first-order valence-electron chi connectivity index (χ1n) is 17.9. The fourth-order valence-corrected chi connectivity index (χ4v) is 5.85. The summed E-state index contributed by atoms with van der Waals surface area (Å²) in [5.41, 5.74) is 9.21. The molecule has 14 heteroatoms. The molecule has 2 unspecified atom stereocenters. The van der Waals surface area contributed by atoms with Gasteiger partial charge in [-0.15, -0.1) is 0 Å². The Hall–Kier alpha value is -6.38. The number of aliphatic carboxylic acids is 1. The van der Waals surface area contributed by atoms with E-state index in [0.29, 0.717) is 5.52 Å². The topological polar surface area (TPSA) is 164 Å². The van der Waals surface area contributed by atoms with Gasteiger partial charge in [0.2, 0.25) is 0 Å². The number of Topliss-reactive ketones (excluding diaryl/α,β-unsaturated/α-hetero) is 1. The van der Waals surface area contributed by atoms with Crippen molar-refractivity contribution in [2.75, 3.05) is 0 Å². The summed E-state index contributed by atoms with van der Waals surface area (Å²) in [4.78, 5) is 30.7. The maximum Gasteiger partial charge on any atom is 0.323 e. The number of carboxylic acid groups (broad SMARTS) is 1. The predicted molar refractivity (Wildman–Crippen MR) is 208 cm³/mol. The molecule has 0 radical (unpaired) electrons. The number of fused-ring (bicyclic) bond motifs is 2. The van der Waals surface area contributed by atoms with E-state index < -0.39 is 46.6 Å². The number of benzene rings is 4. The molecule has 6 aromatic rings. The van der Waals surface area contributed by atoms with Crippen molar-refractivity contribution < 1.29 is 32.3 Å². The molecule has 2 heterocycles. The summed E-state index contributed by atoms with van der Waals surface area (Å²) in [6.07, 6.45) is 2.79. The molecule has 0 bridgehead atoms. The average molecular weight is 782 g/mol. The van der Waals surface area contributed by atoms with Gasteiger partial charge in [-0.3, -0.25) is 9.59 Å². The molecule has 0 spiro atoms. The van der Waals surface area contributed by atoms with Crippen LogP contribution in [0.2, 0.25) is 0 Å². The Balaban J connectivity index is 0.000000209. The highest BCUT2D eigenvalue weighted by atomic mass is 19.2. The molecular formula is C43H43F4N7O3. The average Bonchev–Trinajstić information content (AvgIpc) is 3.79. The Morgan fingerprint density at radius 2 is 1.11 bits per heavy atom. The second kappa shape index (κ2) is 18.0. The first-order chi connectivity index (χ1) is 26.8. The number of ketones is 1. The van der Waals surface area contributed by atoms with E-state index in [1.54, 1.807) is 0 Å². The number of nitrogens with two attached hydrogens (primary N) is 1. The SMILES string of the molecule is CC(CC(=O)Cn1cnc2ccc(F)c(F)c21)c1ccc(C(C)(C)C#N)cc1.CC(N)c1ccc(C(C)(C)C#N)cc1.O=C(O)Cn1cnc2ccc(F)c(F)c21. The molecule has 6 rings (SSSR count). The lowest BCUT2D eigenvalue weighted by molar-refractivity contribution is -0.137. The van der Waals surface area contributed by atoms with Gasteiger partial charge in [-0.05, 0) is 87.1 Å². The number of hydrogen-bond donors (Lipinski definition) is 2. The Kier molecular flexibility index (Phi) is 13.7. The largest absolute Gasteiger partial charge is 0.480 e. The minimum Gasteiger partial charge on any atom is -0.480 e. The monoisotopic (exact) mass is 781 g/mol. The molecular weight excluding hydrogens is 739 g/mol. The van der Waals surface area contributed by atoms with Crippen molar-refractivity contribution in [3.05, 3.63) is 131 Å². The van der Waals surface area contributed by atoms with Crippen molar-refractivity contribution in [3.8, 4) is 12.1 Å². The Morgan fingerprint density at radius 3 is 1.49 bits per heavy atom. The van der Waals surface area contributed by atoms with Crippen LogP contribution in [0, 0.1) is 45.9 Å². The molecule has 10 nitrogen and oxygen atoms in total. The molecule has 2 atom stereocenters. The summed E-state index contributed by atoms with van der Waals surface area (Å²) in [7, 11) is 0. The van der Waals surface area contributed by atoms with Crippen molar-refractivity contribution in [1.82, 2.24) is 19.1 Å². The van der Waals surface area contributed by atoms with Crippen molar-refractivity contribution in [1.29, 1.82) is 10.5 Å². The van der Waals surface area contributed by atoms with E-state index in [0.717, 1.165) is 39.0 Å². The van der Waals surface area contributed by atoms with Crippen LogP contribution in [-0.4, -0.2) is 36.0 Å². The number of nitriles is 2. The van der Waals surface area contributed by atoms with E-state index in [1.807, 2.05) is 90.1 Å². The van der Waals surface area contributed by atoms with Gasteiger partial charge in [-0.25, -0.2) is 27.5 Å². The number of hydrogen-bond acceptors (Lipinski definition) is 7. The second-order valence-corrected chi connectivity index (χ2v) is 14.7. The number of aromatic nitrogens is 4. The van der Waals surface area contributed by atoms with Gasteiger partial charge >= 0.3 is 5.97 Å². The van der Waals surface area contributed by atoms with Crippen LogP contribution in [-0.2, 0) is 33.5 Å². The highest BCUT2D eigenvalue weighted by Crippen LogP contribution is 2.27. The van der Waals surface area contributed by atoms with Gasteiger partial charge in [0.05, 0.1) is 53.2 Å². The summed E-state index contributed by atoms with van der Waals surface area (Å²) >= 11 is 0. The lowest BCUT2D eigenvalue weighted by atomic mass is 9.84. The summed E-state index contributed by atoms with van der Waals surface area (Å²) in [6.45, 7) is 10.9. The van der Waals surface area contributed by atoms with E-state index in [1.165, 1.54) is 29.4 Å². The summed E-state index contributed by atoms with van der Waals surface area (Å²) in [6, 6.07) is 24.8. The van der Waals surface area contributed by atoms with Crippen LogP contribution in [0.1, 0.15) is 82.2 Å². The molecule has 57 heavy (non-hydrogen) atoms. The second-order valence-electron chi connectivity index (χ2n) is 14.7. The molecule has 0 aliphatic carbocycles. The maximum atomic E-state index is 14.1. The summed E-state index contributed by atoms with van der Waals surface area (Å²) in [5.74, 6) is -5.33. The molecule has 4 aromatic carbocycles. The van der Waals surface area contributed by atoms with Crippen LogP contribution < -0.4 is 5.73 Å². The van der Waals surface area contributed by atoms with Gasteiger partial charge in [0.15, 0.2) is 29.1 Å². The highest BCUT2D eigenvalue weighted by molar-refractivity contribution is 5.83. The number of carboxylic acids is 1. The molecule has 0 saturated heterocycles. The first kappa shape index (κ1) is 43.3. The van der Waals surface area contributed by atoms with Crippen LogP contribution in [0.15, 0.2) is 85.5 Å². The van der Waals surface area contributed by atoms with Crippen molar-refractivity contribution in [2.24, 2.45) is 5.73 Å². The molecule has 2 aromatic heterocycles. The summed E-state index contributed by atoms with van der Waals surface area (Å²) < 4.78 is 56.2. The van der Waals surface area contributed by atoms with E-state index in [-0.39, 0.29) is 47.3 Å². The maximum absolute atomic E-state index is 14.1.